The first-order valence-electron chi connectivity index (χ1n) is 9.06. The first-order chi connectivity index (χ1) is 12.8. The summed E-state index contributed by atoms with van der Waals surface area (Å²) in [6.45, 7) is 2.19. The van der Waals surface area contributed by atoms with E-state index < -0.39 is 16.1 Å². The minimum atomic E-state index is -3.35. The van der Waals surface area contributed by atoms with Crippen LogP contribution in [0.25, 0.3) is 0 Å². The Morgan fingerprint density at radius 2 is 1.93 bits per heavy atom. The molecule has 0 N–H and O–H groups in total. The number of ether oxygens (including phenoxy) is 1. The minimum Gasteiger partial charge on any atom is -0.448 e. The molecule has 0 unspecified atom stereocenters. The summed E-state index contributed by atoms with van der Waals surface area (Å²) < 4.78 is 31.1. The normalized spacial score (nSPS) is 28.5. The molecule has 3 saturated heterocycles. The number of hydrogen-bond donors (Lipinski definition) is 0. The number of cyclic esters (lactones) is 1. The molecule has 3 heterocycles. The lowest BCUT2D eigenvalue weighted by molar-refractivity contribution is -0.131. The van der Waals surface area contributed by atoms with E-state index in [1.165, 1.54) is 11.2 Å². The molecule has 0 spiro atoms. The predicted molar refractivity (Wildman–Crippen MR) is 97.2 cm³/mol. The number of carbonyl (C=O) groups excluding carboxylic acids is 2. The number of fused-ring (bicyclic) bond motifs is 1. The second-order valence-corrected chi connectivity index (χ2v) is 9.38. The number of carbonyl (C=O) groups is 2. The van der Waals surface area contributed by atoms with Gasteiger partial charge >= 0.3 is 6.09 Å². The Bertz CT molecular complexity index is 844. The summed E-state index contributed by atoms with van der Waals surface area (Å²) in [4.78, 5) is 27.4. The van der Waals surface area contributed by atoms with Crippen LogP contribution < -0.4 is 0 Å². The molecule has 2 amide bonds. The molecule has 3 aliphatic rings. The Balaban J connectivity index is 1.52. The van der Waals surface area contributed by atoms with E-state index in [4.69, 9.17) is 4.74 Å². The summed E-state index contributed by atoms with van der Waals surface area (Å²) >= 11 is 0. The fourth-order valence-electron chi connectivity index (χ4n) is 4.45. The SMILES string of the molecule is CS(=O)(=O)N1C[C@H]2CN(C(=O)CN3CCOC3=O)C[C@H]2[C@@H]1c1ccccc1. The van der Waals surface area contributed by atoms with Crippen LogP contribution >= 0.6 is 0 Å². The molecule has 146 valence electrons. The van der Waals surface area contributed by atoms with Gasteiger partial charge in [-0.1, -0.05) is 30.3 Å². The van der Waals surface area contributed by atoms with Crippen LogP contribution in [0.15, 0.2) is 30.3 Å². The van der Waals surface area contributed by atoms with Crippen molar-refractivity contribution in [2.75, 3.05) is 45.6 Å². The molecule has 0 radical (unpaired) electrons. The van der Waals surface area contributed by atoms with Crippen LogP contribution in [0.2, 0.25) is 0 Å². The summed E-state index contributed by atoms with van der Waals surface area (Å²) in [5, 5.41) is 0. The van der Waals surface area contributed by atoms with Gasteiger partial charge in [-0.3, -0.25) is 9.69 Å². The van der Waals surface area contributed by atoms with Crippen LogP contribution in [0, 0.1) is 11.8 Å². The molecular formula is C18H23N3O5S. The van der Waals surface area contributed by atoms with E-state index >= 15 is 0 Å². The molecule has 4 rings (SSSR count). The van der Waals surface area contributed by atoms with E-state index in [-0.39, 0.29) is 30.3 Å². The van der Waals surface area contributed by atoms with Gasteiger partial charge in [0.15, 0.2) is 0 Å². The maximum absolute atomic E-state index is 12.6. The maximum atomic E-state index is 12.6. The molecule has 27 heavy (non-hydrogen) atoms. The van der Waals surface area contributed by atoms with Gasteiger partial charge in [-0.2, -0.15) is 4.31 Å². The third-order valence-corrected chi connectivity index (χ3v) is 6.94. The van der Waals surface area contributed by atoms with Gasteiger partial charge in [0.1, 0.15) is 13.2 Å². The summed E-state index contributed by atoms with van der Waals surface area (Å²) in [6, 6.07) is 9.33. The molecule has 0 saturated carbocycles. The number of benzene rings is 1. The number of sulfonamides is 1. The smallest absolute Gasteiger partial charge is 0.410 e. The Kier molecular flexibility index (Phi) is 4.59. The largest absolute Gasteiger partial charge is 0.448 e. The molecule has 0 bridgehead atoms. The van der Waals surface area contributed by atoms with Gasteiger partial charge < -0.3 is 9.64 Å². The van der Waals surface area contributed by atoms with Gasteiger partial charge in [0.25, 0.3) is 0 Å². The van der Waals surface area contributed by atoms with Crippen molar-refractivity contribution in [1.29, 1.82) is 0 Å². The Labute approximate surface area is 158 Å². The molecule has 3 fully saturated rings. The van der Waals surface area contributed by atoms with Crippen molar-refractivity contribution in [2.45, 2.75) is 6.04 Å². The summed E-state index contributed by atoms with van der Waals surface area (Å²) in [6.07, 6.45) is 0.791. The van der Waals surface area contributed by atoms with Crippen LogP contribution in [0.5, 0.6) is 0 Å². The van der Waals surface area contributed by atoms with Gasteiger partial charge in [0.2, 0.25) is 15.9 Å². The number of amides is 2. The lowest BCUT2D eigenvalue weighted by Crippen LogP contribution is -2.42. The average molecular weight is 393 g/mol. The van der Waals surface area contributed by atoms with E-state index in [2.05, 4.69) is 0 Å². The highest BCUT2D eigenvalue weighted by Crippen LogP contribution is 2.46. The highest BCUT2D eigenvalue weighted by Gasteiger charge is 2.51. The highest BCUT2D eigenvalue weighted by molar-refractivity contribution is 7.88. The predicted octanol–water partition coefficient (Wildman–Crippen LogP) is 0.530. The van der Waals surface area contributed by atoms with Crippen LogP contribution in [-0.4, -0.2) is 80.1 Å². The van der Waals surface area contributed by atoms with E-state index in [9.17, 15) is 18.0 Å². The summed E-state index contributed by atoms with van der Waals surface area (Å²) in [5.41, 5.74) is 0.952. The summed E-state index contributed by atoms with van der Waals surface area (Å²) in [5.74, 6) is 0.0389. The van der Waals surface area contributed by atoms with Gasteiger partial charge in [0.05, 0.1) is 18.8 Å². The Hall–Kier alpha value is -2.13. The summed E-state index contributed by atoms with van der Waals surface area (Å²) in [7, 11) is -3.35. The van der Waals surface area contributed by atoms with Gasteiger partial charge in [0, 0.05) is 25.6 Å². The van der Waals surface area contributed by atoms with Gasteiger partial charge in [-0.05, 0) is 11.5 Å². The average Bonchev–Trinajstić information content (AvgIpc) is 3.29. The zero-order valence-corrected chi connectivity index (χ0v) is 16.0. The third kappa shape index (κ3) is 3.41. The minimum absolute atomic E-state index is 0.0179. The van der Waals surface area contributed by atoms with E-state index in [0.717, 1.165) is 5.56 Å². The van der Waals surface area contributed by atoms with Crippen LogP contribution in [0.1, 0.15) is 11.6 Å². The lowest BCUT2D eigenvalue weighted by Gasteiger charge is -2.28. The van der Waals surface area contributed by atoms with E-state index in [1.54, 1.807) is 9.21 Å². The van der Waals surface area contributed by atoms with Gasteiger partial charge in [-0.15, -0.1) is 0 Å². The molecule has 8 nitrogen and oxygen atoms in total. The lowest BCUT2D eigenvalue weighted by atomic mass is 9.90. The molecule has 1 aromatic carbocycles. The molecule has 1 aromatic rings. The number of nitrogens with zero attached hydrogens (tertiary/aromatic N) is 3. The second kappa shape index (κ2) is 6.79. The fraction of sp³-hybridized carbons (Fsp3) is 0.556. The van der Waals surface area contributed by atoms with Crippen molar-refractivity contribution < 1.29 is 22.7 Å². The highest BCUT2D eigenvalue weighted by atomic mass is 32.2. The maximum Gasteiger partial charge on any atom is 0.410 e. The van der Waals surface area contributed by atoms with Crippen LogP contribution in [-0.2, 0) is 19.6 Å². The molecule has 3 atom stereocenters. The van der Waals surface area contributed by atoms with Crippen molar-refractivity contribution in [2.24, 2.45) is 11.8 Å². The van der Waals surface area contributed by atoms with Crippen LogP contribution in [0.3, 0.4) is 0 Å². The number of hydrogen-bond acceptors (Lipinski definition) is 5. The second-order valence-electron chi connectivity index (χ2n) is 7.45. The van der Waals surface area contributed by atoms with Crippen molar-refractivity contribution >= 4 is 22.0 Å². The number of likely N-dealkylation sites (tertiary alicyclic amines) is 1. The quantitative estimate of drug-likeness (QED) is 0.745. The molecule has 9 heteroatoms. The number of rotatable bonds is 4. The standard InChI is InChI=1S/C18H23N3O5S/c1-27(24,25)21-10-14-9-20(16(22)12-19-7-8-26-18(19)23)11-15(14)17(21)13-5-3-2-4-6-13/h2-6,14-15,17H,7-12H2,1H3/t14-,15-,17+/m1/s1. The molecular weight excluding hydrogens is 370 g/mol. The van der Waals surface area contributed by atoms with E-state index in [0.29, 0.717) is 32.8 Å². The first-order valence-corrected chi connectivity index (χ1v) is 10.9. The molecule has 0 aromatic heterocycles. The van der Waals surface area contributed by atoms with Gasteiger partial charge in [-0.25, -0.2) is 13.2 Å². The zero-order chi connectivity index (χ0) is 19.2. The van der Waals surface area contributed by atoms with Crippen molar-refractivity contribution in [1.82, 2.24) is 14.1 Å². The molecule has 3 aliphatic heterocycles. The third-order valence-electron chi connectivity index (χ3n) is 5.71. The van der Waals surface area contributed by atoms with E-state index in [1.807, 2.05) is 30.3 Å². The Morgan fingerprint density at radius 3 is 2.56 bits per heavy atom. The molecule has 0 aliphatic carbocycles. The van der Waals surface area contributed by atoms with Crippen molar-refractivity contribution in [3.05, 3.63) is 35.9 Å². The first kappa shape index (κ1) is 18.2. The van der Waals surface area contributed by atoms with Crippen molar-refractivity contribution in [3.63, 3.8) is 0 Å². The fourth-order valence-corrected chi connectivity index (χ4v) is 5.60. The van der Waals surface area contributed by atoms with Crippen LogP contribution in [0.4, 0.5) is 4.79 Å². The monoisotopic (exact) mass is 393 g/mol. The Morgan fingerprint density at radius 1 is 1.19 bits per heavy atom. The topological polar surface area (TPSA) is 87.2 Å². The van der Waals surface area contributed by atoms with Crippen molar-refractivity contribution in [3.8, 4) is 0 Å². The zero-order valence-electron chi connectivity index (χ0n) is 15.2.